The highest BCUT2D eigenvalue weighted by molar-refractivity contribution is 5.57. The van der Waals surface area contributed by atoms with Crippen LogP contribution in [0.15, 0.2) is 30.3 Å². The Morgan fingerprint density at radius 1 is 1.16 bits per heavy atom. The van der Waals surface area contributed by atoms with Crippen molar-refractivity contribution in [3.05, 3.63) is 35.9 Å². The molecule has 0 spiro atoms. The molecule has 0 saturated carbocycles. The molecule has 2 aliphatic rings. The second-order valence-electron chi connectivity index (χ2n) is 5.88. The van der Waals surface area contributed by atoms with E-state index in [2.05, 4.69) is 36.2 Å². The van der Waals surface area contributed by atoms with E-state index in [1.807, 2.05) is 12.1 Å². The quantitative estimate of drug-likeness (QED) is 0.820. The van der Waals surface area contributed by atoms with Gasteiger partial charge in [-0.1, -0.05) is 30.4 Å². The van der Waals surface area contributed by atoms with Gasteiger partial charge >= 0.3 is 0 Å². The van der Waals surface area contributed by atoms with E-state index in [-0.39, 0.29) is 0 Å². The van der Waals surface area contributed by atoms with E-state index in [0.29, 0.717) is 0 Å². The van der Waals surface area contributed by atoms with Gasteiger partial charge in [0.05, 0.1) is 7.11 Å². The van der Waals surface area contributed by atoms with Gasteiger partial charge in [-0.2, -0.15) is 0 Å². The molecule has 2 heteroatoms. The summed E-state index contributed by atoms with van der Waals surface area (Å²) in [5.41, 5.74) is 1.19. The minimum atomic E-state index is 0.735. The average molecular weight is 257 g/mol. The monoisotopic (exact) mass is 257 g/mol. The molecule has 0 radical (unpaired) electrons. The molecule has 3 rings (SSSR count). The molecule has 1 unspecified atom stereocenters. The summed E-state index contributed by atoms with van der Waals surface area (Å²) in [4.78, 5) is 2.59. The summed E-state index contributed by atoms with van der Waals surface area (Å²) in [7, 11) is 4.03. The van der Waals surface area contributed by atoms with Gasteiger partial charge in [-0.25, -0.2) is 0 Å². The lowest BCUT2D eigenvalue weighted by Gasteiger charge is -2.35. The minimum absolute atomic E-state index is 0.735. The highest BCUT2D eigenvalue weighted by Gasteiger charge is 2.37. The van der Waals surface area contributed by atoms with Gasteiger partial charge in [-0.15, -0.1) is 0 Å². The molecule has 2 nitrogen and oxygen atoms in total. The van der Waals surface area contributed by atoms with Crippen molar-refractivity contribution in [3.8, 4) is 5.75 Å². The van der Waals surface area contributed by atoms with Crippen molar-refractivity contribution >= 4 is 6.08 Å². The first kappa shape index (κ1) is 12.7. The zero-order valence-electron chi connectivity index (χ0n) is 11.9. The van der Waals surface area contributed by atoms with Crippen LogP contribution < -0.4 is 4.74 Å². The first-order valence-corrected chi connectivity index (χ1v) is 7.31. The second kappa shape index (κ2) is 5.38. The third-order valence-electron chi connectivity index (χ3n) is 4.82. The molecule has 1 aromatic rings. The van der Waals surface area contributed by atoms with E-state index < -0.39 is 0 Å². The van der Waals surface area contributed by atoms with E-state index in [1.165, 1.54) is 31.2 Å². The van der Waals surface area contributed by atoms with E-state index >= 15 is 0 Å². The Morgan fingerprint density at radius 2 is 1.84 bits per heavy atom. The predicted octanol–water partition coefficient (Wildman–Crippen LogP) is 3.58. The Morgan fingerprint density at radius 3 is 2.53 bits per heavy atom. The Hall–Kier alpha value is -1.28. The number of benzene rings is 1. The SMILES string of the molecule is COc1ccccc1/C=C/C1C[C@H]2CC[C@@H](C1)N2C. The van der Waals surface area contributed by atoms with Crippen LogP contribution in [0.4, 0.5) is 0 Å². The van der Waals surface area contributed by atoms with E-state index in [1.54, 1.807) is 7.11 Å². The number of rotatable bonds is 3. The number of fused-ring (bicyclic) bond motifs is 2. The second-order valence-corrected chi connectivity index (χ2v) is 5.88. The highest BCUT2D eigenvalue weighted by Crippen LogP contribution is 2.38. The van der Waals surface area contributed by atoms with Crippen LogP contribution in [0, 0.1) is 5.92 Å². The summed E-state index contributed by atoms with van der Waals surface area (Å²) in [5.74, 6) is 1.70. The number of piperidine rings is 1. The van der Waals surface area contributed by atoms with Crippen LogP contribution in [0.3, 0.4) is 0 Å². The van der Waals surface area contributed by atoms with Crippen LogP contribution in [0.25, 0.3) is 6.08 Å². The van der Waals surface area contributed by atoms with Gasteiger partial charge in [0.2, 0.25) is 0 Å². The summed E-state index contributed by atoms with van der Waals surface area (Å²) in [6.07, 6.45) is 10.1. The van der Waals surface area contributed by atoms with Crippen LogP contribution in [-0.2, 0) is 0 Å². The van der Waals surface area contributed by atoms with Gasteiger partial charge < -0.3 is 9.64 Å². The summed E-state index contributed by atoms with van der Waals surface area (Å²) in [5, 5.41) is 0. The Balaban J connectivity index is 1.70. The largest absolute Gasteiger partial charge is 0.496 e. The zero-order chi connectivity index (χ0) is 13.2. The van der Waals surface area contributed by atoms with Gasteiger partial charge in [-0.05, 0) is 44.7 Å². The third kappa shape index (κ3) is 2.55. The molecule has 0 aromatic heterocycles. The molecule has 1 aromatic carbocycles. The van der Waals surface area contributed by atoms with Gasteiger partial charge in [0.1, 0.15) is 5.75 Å². The molecule has 2 fully saturated rings. The first-order valence-electron chi connectivity index (χ1n) is 7.31. The smallest absolute Gasteiger partial charge is 0.126 e. The lowest BCUT2D eigenvalue weighted by atomic mass is 9.90. The van der Waals surface area contributed by atoms with Crippen molar-refractivity contribution in [1.29, 1.82) is 0 Å². The fourth-order valence-electron chi connectivity index (χ4n) is 3.65. The molecule has 0 aliphatic carbocycles. The molecule has 19 heavy (non-hydrogen) atoms. The summed E-state index contributed by atoms with van der Waals surface area (Å²) >= 11 is 0. The molecule has 2 bridgehead atoms. The Kier molecular flexibility index (Phi) is 3.61. The minimum Gasteiger partial charge on any atom is -0.496 e. The summed E-state index contributed by atoms with van der Waals surface area (Å²) < 4.78 is 5.40. The molecular formula is C17H23NO. The Labute approximate surface area is 116 Å². The maximum Gasteiger partial charge on any atom is 0.126 e. The number of allylic oxidation sites excluding steroid dienone is 1. The fraction of sp³-hybridized carbons (Fsp3) is 0.529. The van der Waals surface area contributed by atoms with Crippen LogP contribution in [0.1, 0.15) is 31.2 Å². The maximum atomic E-state index is 5.40. The normalized spacial score (nSPS) is 30.9. The summed E-state index contributed by atoms with van der Waals surface area (Å²) in [6, 6.07) is 9.86. The molecule has 0 amide bonds. The number of hydrogen-bond donors (Lipinski definition) is 0. The molecular weight excluding hydrogens is 234 g/mol. The van der Waals surface area contributed by atoms with E-state index in [9.17, 15) is 0 Å². The van der Waals surface area contributed by atoms with Crippen molar-refractivity contribution in [2.24, 2.45) is 5.92 Å². The predicted molar refractivity (Wildman–Crippen MR) is 79.3 cm³/mol. The van der Waals surface area contributed by atoms with Gasteiger partial charge in [0.15, 0.2) is 0 Å². The van der Waals surface area contributed by atoms with Gasteiger partial charge in [0, 0.05) is 17.6 Å². The lowest BCUT2D eigenvalue weighted by molar-refractivity contribution is 0.152. The van der Waals surface area contributed by atoms with Crippen molar-refractivity contribution < 1.29 is 4.74 Å². The van der Waals surface area contributed by atoms with Crippen LogP contribution >= 0.6 is 0 Å². The van der Waals surface area contributed by atoms with Crippen LogP contribution in [-0.4, -0.2) is 31.1 Å². The van der Waals surface area contributed by atoms with Crippen LogP contribution in [0.2, 0.25) is 0 Å². The molecule has 0 N–H and O–H groups in total. The third-order valence-corrected chi connectivity index (χ3v) is 4.82. The molecule has 2 heterocycles. The maximum absolute atomic E-state index is 5.40. The lowest BCUT2D eigenvalue weighted by Crippen LogP contribution is -2.39. The van der Waals surface area contributed by atoms with Crippen LogP contribution in [0.5, 0.6) is 5.75 Å². The number of methoxy groups -OCH3 is 1. The van der Waals surface area contributed by atoms with Crippen molar-refractivity contribution in [3.63, 3.8) is 0 Å². The highest BCUT2D eigenvalue weighted by atomic mass is 16.5. The van der Waals surface area contributed by atoms with E-state index in [0.717, 1.165) is 23.8 Å². The molecule has 3 atom stereocenters. The molecule has 102 valence electrons. The van der Waals surface area contributed by atoms with Crippen molar-refractivity contribution in [2.45, 2.75) is 37.8 Å². The first-order chi connectivity index (χ1) is 9.28. The van der Waals surface area contributed by atoms with Gasteiger partial charge in [0.25, 0.3) is 0 Å². The molecule has 2 aliphatic heterocycles. The average Bonchev–Trinajstić information content (AvgIpc) is 2.67. The van der Waals surface area contributed by atoms with E-state index in [4.69, 9.17) is 4.74 Å². The fourth-order valence-corrected chi connectivity index (χ4v) is 3.65. The Bertz CT molecular complexity index is 454. The number of ether oxygens (including phenoxy) is 1. The summed E-state index contributed by atoms with van der Waals surface area (Å²) in [6.45, 7) is 0. The van der Waals surface area contributed by atoms with Gasteiger partial charge in [-0.3, -0.25) is 0 Å². The number of para-hydroxylation sites is 1. The molecule has 2 saturated heterocycles. The van der Waals surface area contributed by atoms with Crippen molar-refractivity contribution in [2.75, 3.05) is 14.2 Å². The van der Waals surface area contributed by atoms with Crippen molar-refractivity contribution in [1.82, 2.24) is 4.90 Å². The topological polar surface area (TPSA) is 12.5 Å². The standard InChI is InChI=1S/C17H23NO/c1-18-15-9-10-16(18)12-13(11-15)7-8-14-5-3-4-6-17(14)19-2/h3-8,13,15-16H,9-12H2,1-2H3/b8-7+/t13?,15-,16+. The zero-order valence-corrected chi connectivity index (χ0v) is 11.9. The number of hydrogen-bond acceptors (Lipinski definition) is 2. The number of nitrogens with zero attached hydrogens (tertiary/aromatic N) is 1.